The van der Waals surface area contributed by atoms with Gasteiger partial charge in [0.25, 0.3) is 11.5 Å². The van der Waals surface area contributed by atoms with Crippen LogP contribution < -0.4 is 25.4 Å². The number of nitrogens with one attached hydrogen (secondary N) is 2. The first kappa shape index (κ1) is 25.5. The smallest absolute Gasteiger partial charge is 0.273 e. The topological polar surface area (TPSA) is 113 Å². The number of benzene rings is 2. The molecule has 1 heterocycles. The standard InChI is InChI=1S/C24H20F2N4O4S/c1-14(31)29-17-6-3-15(4-7-17)11-21-23(33)30(20-8-5-16(25)12-19(20)26)24(35-21)18(13-27)22(32)28-9-10-34-2/h3-8,11-12H,9-10H2,1-2H3,(H,28,32)(H,29,31)/b21-11-,24-18-. The lowest BCUT2D eigenvalue weighted by molar-refractivity contribution is -0.116. The lowest BCUT2D eigenvalue weighted by Gasteiger charge is -2.06. The molecule has 0 saturated heterocycles. The highest BCUT2D eigenvalue weighted by molar-refractivity contribution is 7.07. The lowest BCUT2D eigenvalue weighted by atomic mass is 10.2. The molecule has 180 valence electrons. The van der Waals surface area contributed by atoms with Crippen LogP contribution in [0.25, 0.3) is 17.3 Å². The molecule has 0 aliphatic heterocycles. The van der Waals surface area contributed by atoms with Gasteiger partial charge in [-0.05, 0) is 35.9 Å². The molecule has 0 saturated carbocycles. The number of ether oxygens (including phenoxy) is 1. The van der Waals surface area contributed by atoms with Crippen LogP contribution in [0.4, 0.5) is 14.5 Å². The fourth-order valence-corrected chi connectivity index (χ4v) is 4.19. The van der Waals surface area contributed by atoms with E-state index in [2.05, 4.69) is 10.6 Å². The Kier molecular flexibility index (Phi) is 8.25. The van der Waals surface area contributed by atoms with Crippen molar-refractivity contribution in [2.45, 2.75) is 6.92 Å². The average molecular weight is 499 g/mol. The zero-order valence-electron chi connectivity index (χ0n) is 18.7. The van der Waals surface area contributed by atoms with Crippen LogP contribution in [0.15, 0.2) is 47.3 Å². The predicted molar refractivity (Wildman–Crippen MR) is 127 cm³/mol. The SMILES string of the molecule is COCCNC(=O)/C(C#N)=c1\s/c(=C\c2ccc(NC(C)=O)cc2)c(=O)n1-c1ccc(F)cc1F. The van der Waals surface area contributed by atoms with Crippen LogP contribution in [0.1, 0.15) is 12.5 Å². The van der Waals surface area contributed by atoms with Crippen molar-refractivity contribution in [3.05, 3.63) is 79.2 Å². The summed E-state index contributed by atoms with van der Waals surface area (Å²) < 4.78 is 33.9. The number of methoxy groups -OCH3 is 1. The summed E-state index contributed by atoms with van der Waals surface area (Å²) in [7, 11) is 1.44. The molecule has 0 atom stereocenters. The summed E-state index contributed by atoms with van der Waals surface area (Å²) in [6, 6.07) is 11.0. The quantitative estimate of drug-likeness (QED) is 0.478. The maximum atomic E-state index is 14.6. The number of nitrogens with zero attached hydrogens (tertiary/aromatic N) is 2. The van der Waals surface area contributed by atoms with E-state index in [0.29, 0.717) is 17.3 Å². The summed E-state index contributed by atoms with van der Waals surface area (Å²) in [6.45, 7) is 1.68. The van der Waals surface area contributed by atoms with Gasteiger partial charge in [0.05, 0.1) is 16.8 Å². The van der Waals surface area contributed by atoms with Crippen LogP contribution in [-0.4, -0.2) is 36.6 Å². The monoisotopic (exact) mass is 498 g/mol. The minimum absolute atomic E-state index is 0.105. The Morgan fingerprint density at radius 1 is 1.20 bits per heavy atom. The molecule has 2 amide bonds. The molecule has 0 unspecified atom stereocenters. The lowest BCUT2D eigenvalue weighted by Crippen LogP contribution is -2.35. The summed E-state index contributed by atoms with van der Waals surface area (Å²) >= 11 is 0.817. The van der Waals surface area contributed by atoms with E-state index in [4.69, 9.17) is 4.74 Å². The van der Waals surface area contributed by atoms with Crippen LogP contribution in [0.2, 0.25) is 0 Å². The normalized spacial score (nSPS) is 12.1. The van der Waals surface area contributed by atoms with Crippen LogP contribution in [0.3, 0.4) is 0 Å². The van der Waals surface area contributed by atoms with Gasteiger partial charge in [-0.1, -0.05) is 12.1 Å². The van der Waals surface area contributed by atoms with Crippen LogP contribution >= 0.6 is 11.3 Å². The molecule has 0 radical (unpaired) electrons. The predicted octanol–water partition coefficient (Wildman–Crippen LogP) is 1.40. The highest BCUT2D eigenvalue weighted by Crippen LogP contribution is 2.13. The third kappa shape index (κ3) is 6.06. The van der Waals surface area contributed by atoms with Crippen molar-refractivity contribution in [2.75, 3.05) is 25.6 Å². The molecule has 35 heavy (non-hydrogen) atoms. The van der Waals surface area contributed by atoms with E-state index in [-0.39, 0.29) is 33.9 Å². The van der Waals surface area contributed by atoms with Crippen LogP contribution in [0.5, 0.6) is 0 Å². The summed E-state index contributed by atoms with van der Waals surface area (Å²) in [4.78, 5) is 37.1. The van der Waals surface area contributed by atoms with Crippen molar-refractivity contribution < 1.29 is 23.1 Å². The van der Waals surface area contributed by atoms with Gasteiger partial charge in [0.15, 0.2) is 5.57 Å². The maximum absolute atomic E-state index is 14.6. The minimum Gasteiger partial charge on any atom is -0.383 e. The molecule has 0 fully saturated rings. The summed E-state index contributed by atoms with van der Waals surface area (Å²) in [5, 5.41) is 14.8. The van der Waals surface area contributed by atoms with E-state index in [1.54, 1.807) is 30.3 Å². The Labute approximate surface area is 202 Å². The Morgan fingerprint density at radius 3 is 2.51 bits per heavy atom. The second-order valence-electron chi connectivity index (χ2n) is 7.19. The van der Waals surface area contributed by atoms with Crippen molar-refractivity contribution in [1.29, 1.82) is 5.26 Å². The van der Waals surface area contributed by atoms with E-state index in [1.165, 1.54) is 20.1 Å². The molecule has 0 aliphatic carbocycles. The van der Waals surface area contributed by atoms with Gasteiger partial charge < -0.3 is 15.4 Å². The van der Waals surface area contributed by atoms with Gasteiger partial charge in [-0.2, -0.15) is 5.26 Å². The number of halogens is 2. The second kappa shape index (κ2) is 11.3. The summed E-state index contributed by atoms with van der Waals surface area (Å²) in [5.41, 5.74) is -0.272. The Balaban J connectivity index is 2.25. The number of anilines is 1. The minimum atomic E-state index is -1.03. The molecule has 11 heteroatoms. The van der Waals surface area contributed by atoms with E-state index in [1.807, 2.05) is 0 Å². The molecule has 1 aromatic heterocycles. The molecule has 0 bridgehead atoms. The molecule has 3 rings (SSSR count). The number of carbonyl (C=O) groups excluding carboxylic acids is 2. The Morgan fingerprint density at radius 2 is 1.91 bits per heavy atom. The van der Waals surface area contributed by atoms with Gasteiger partial charge in [-0.3, -0.25) is 19.0 Å². The van der Waals surface area contributed by atoms with Gasteiger partial charge in [0, 0.05) is 32.3 Å². The third-order valence-electron chi connectivity index (χ3n) is 4.65. The van der Waals surface area contributed by atoms with E-state index in [9.17, 15) is 28.4 Å². The summed E-state index contributed by atoms with van der Waals surface area (Å²) in [6.07, 6.45) is 1.50. The number of nitriles is 1. The van der Waals surface area contributed by atoms with E-state index in [0.717, 1.165) is 28.0 Å². The van der Waals surface area contributed by atoms with Gasteiger partial charge in [0.1, 0.15) is 22.4 Å². The third-order valence-corrected chi connectivity index (χ3v) is 5.74. The fraction of sp³-hybridized carbons (Fsp3) is 0.167. The van der Waals surface area contributed by atoms with Gasteiger partial charge in [-0.25, -0.2) is 8.78 Å². The highest BCUT2D eigenvalue weighted by Gasteiger charge is 2.19. The molecule has 0 spiro atoms. The van der Waals surface area contributed by atoms with Gasteiger partial charge in [-0.15, -0.1) is 11.3 Å². The fourth-order valence-electron chi connectivity index (χ4n) is 3.10. The zero-order chi connectivity index (χ0) is 25.5. The van der Waals surface area contributed by atoms with Crippen molar-refractivity contribution in [1.82, 2.24) is 9.88 Å². The van der Waals surface area contributed by atoms with E-state index < -0.39 is 28.7 Å². The number of rotatable bonds is 7. The number of aromatic nitrogens is 1. The Hall–Kier alpha value is -4.14. The maximum Gasteiger partial charge on any atom is 0.273 e. The van der Waals surface area contributed by atoms with Crippen LogP contribution in [0, 0.1) is 23.0 Å². The molecule has 8 nitrogen and oxygen atoms in total. The van der Waals surface area contributed by atoms with Gasteiger partial charge >= 0.3 is 0 Å². The molecule has 3 aromatic rings. The number of hydrogen-bond acceptors (Lipinski definition) is 6. The summed E-state index contributed by atoms with van der Waals surface area (Å²) in [5.74, 6) is -2.89. The second-order valence-corrected chi connectivity index (χ2v) is 8.22. The highest BCUT2D eigenvalue weighted by atomic mass is 32.1. The number of thiazole rings is 1. The Bertz CT molecular complexity index is 1490. The van der Waals surface area contributed by atoms with E-state index >= 15 is 0 Å². The molecular formula is C24H20F2N4O4S. The molecular weight excluding hydrogens is 478 g/mol. The molecule has 0 aliphatic rings. The van der Waals surface area contributed by atoms with Crippen molar-refractivity contribution in [2.24, 2.45) is 0 Å². The van der Waals surface area contributed by atoms with Crippen molar-refractivity contribution >= 4 is 40.5 Å². The number of carbonyl (C=O) groups is 2. The number of hydrogen-bond donors (Lipinski definition) is 2. The van der Waals surface area contributed by atoms with Gasteiger partial charge in [0.2, 0.25) is 5.91 Å². The van der Waals surface area contributed by atoms with Crippen molar-refractivity contribution in [3.63, 3.8) is 0 Å². The van der Waals surface area contributed by atoms with Crippen LogP contribution in [-0.2, 0) is 14.3 Å². The zero-order valence-corrected chi connectivity index (χ0v) is 19.5. The molecule has 2 aromatic carbocycles. The first-order chi connectivity index (χ1) is 16.7. The number of amides is 2. The first-order valence-electron chi connectivity index (χ1n) is 10.2. The first-order valence-corrected chi connectivity index (χ1v) is 11.0. The average Bonchev–Trinajstić information content (AvgIpc) is 3.11. The van der Waals surface area contributed by atoms with Crippen molar-refractivity contribution in [3.8, 4) is 11.8 Å². The largest absolute Gasteiger partial charge is 0.383 e. The molecule has 2 N–H and O–H groups in total.